The number of alkyl halides is 1. The molecule has 1 aliphatic carbocycles. The third-order valence-electron chi connectivity index (χ3n) is 4.21. The maximum atomic E-state index is 13.6. The highest BCUT2D eigenvalue weighted by molar-refractivity contribution is 7.80. The number of thiocarbonyl (C=S) groups is 1. The summed E-state index contributed by atoms with van der Waals surface area (Å²) < 4.78 is 13.6. The number of benzene rings is 1. The topological polar surface area (TPSA) is 32.3 Å². The molecule has 3 rings (SSSR count). The summed E-state index contributed by atoms with van der Waals surface area (Å²) in [5.41, 5.74) is 0.836. The molecule has 112 valence electrons. The van der Waals surface area contributed by atoms with E-state index in [4.69, 9.17) is 23.8 Å². The van der Waals surface area contributed by atoms with Gasteiger partial charge in [-0.05, 0) is 43.1 Å². The third-order valence-corrected chi connectivity index (χ3v) is 4.92. The van der Waals surface area contributed by atoms with Crippen molar-refractivity contribution >= 4 is 34.8 Å². The molecule has 21 heavy (non-hydrogen) atoms. The maximum Gasteiger partial charge on any atom is 0.234 e. The fourth-order valence-corrected chi connectivity index (χ4v) is 3.55. The Bertz CT molecular complexity index is 583. The van der Waals surface area contributed by atoms with Crippen molar-refractivity contribution in [2.24, 2.45) is 5.92 Å². The molecule has 1 aliphatic heterocycles. The third kappa shape index (κ3) is 2.90. The van der Waals surface area contributed by atoms with Crippen molar-refractivity contribution in [1.82, 2.24) is 10.2 Å². The summed E-state index contributed by atoms with van der Waals surface area (Å²) in [6.45, 7) is 0.324. The van der Waals surface area contributed by atoms with Crippen LogP contribution in [0.1, 0.15) is 24.8 Å². The summed E-state index contributed by atoms with van der Waals surface area (Å²) in [7, 11) is 0. The van der Waals surface area contributed by atoms with Crippen molar-refractivity contribution in [1.29, 1.82) is 0 Å². The second-order valence-corrected chi connectivity index (χ2v) is 6.38. The van der Waals surface area contributed by atoms with Crippen LogP contribution in [0.3, 0.4) is 0 Å². The normalized spacial score (nSPS) is 29.0. The van der Waals surface area contributed by atoms with Gasteiger partial charge in [0.2, 0.25) is 5.91 Å². The van der Waals surface area contributed by atoms with Crippen LogP contribution in [0.4, 0.5) is 4.39 Å². The maximum absolute atomic E-state index is 13.6. The average Bonchev–Trinajstić information content (AvgIpc) is 2.46. The van der Waals surface area contributed by atoms with Crippen LogP contribution in [0, 0.1) is 5.92 Å². The molecule has 0 aromatic heterocycles. The number of nitrogens with zero attached hydrogens (tertiary/aromatic N) is 1. The standard InChI is InChI=1S/C15H16ClFN2OS/c16-12-4-2-1-3-9(12)8-19-14(20)11-7-10(17)5-6-13(11)18-15(19)21/h1-4,10-11,13H,5-8H2,(H,18,21). The van der Waals surface area contributed by atoms with E-state index in [1.54, 1.807) is 6.07 Å². The van der Waals surface area contributed by atoms with Gasteiger partial charge in [0.05, 0.1) is 12.5 Å². The molecule has 1 saturated heterocycles. The van der Waals surface area contributed by atoms with Crippen molar-refractivity contribution in [3.05, 3.63) is 34.9 Å². The van der Waals surface area contributed by atoms with Gasteiger partial charge in [-0.1, -0.05) is 29.8 Å². The van der Waals surface area contributed by atoms with E-state index in [9.17, 15) is 9.18 Å². The smallest absolute Gasteiger partial charge is 0.234 e. The Hall–Kier alpha value is -1.20. The molecule has 3 atom stereocenters. The minimum atomic E-state index is -0.897. The van der Waals surface area contributed by atoms with Crippen LogP contribution in [-0.2, 0) is 11.3 Å². The van der Waals surface area contributed by atoms with Gasteiger partial charge in [0.15, 0.2) is 5.11 Å². The van der Waals surface area contributed by atoms with Crippen LogP contribution in [0.5, 0.6) is 0 Å². The first kappa shape index (κ1) is 14.7. The van der Waals surface area contributed by atoms with Crippen molar-refractivity contribution in [2.45, 2.75) is 38.0 Å². The molecule has 6 heteroatoms. The van der Waals surface area contributed by atoms with Gasteiger partial charge in [0.1, 0.15) is 6.17 Å². The lowest BCUT2D eigenvalue weighted by atomic mass is 9.81. The Morgan fingerprint density at radius 1 is 1.38 bits per heavy atom. The van der Waals surface area contributed by atoms with Gasteiger partial charge in [-0.3, -0.25) is 9.69 Å². The Balaban J connectivity index is 1.80. The molecule has 2 fully saturated rings. The Kier molecular flexibility index (Phi) is 4.13. The van der Waals surface area contributed by atoms with Gasteiger partial charge in [0.25, 0.3) is 0 Å². The summed E-state index contributed by atoms with van der Waals surface area (Å²) in [4.78, 5) is 14.1. The summed E-state index contributed by atoms with van der Waals surface area (Å²) in [5, 5.41) is 4.20. The number of fused-ring (bicyclic) bond motifs is 1. The van der Waals surface area contributed by atoms with Crippen LogP contribution >= 0.6 is 23.8 Å². The first-order valence-corrected chi connectivity index (χ1v) is 7.84. The van der Waals surface area contributed by atoms with E-state index >= 15 is 0 Å². The molecule has 1 N–H and O–H groups in total. The van der Waals surface area contributed by atoms with E-state index in [-0.39, 0.29) is 24.3 Å². The number of nitrogens with one attached hydrogen (secondary N) is 1. The SMILES string of the molecule is O=C1C2CC(F)CCC2NC(=S)N1Cc1ccccc1Cl. The van der Waals surface area contributed by atoms with Gasteiger partial charge >= 0.3 is 0 Å². The van der Waals surface area contributed by atoms with Crippen LogP contribution in [0.2, 0.25) is 5.02 Å². The van der Waals surface area contributed by atoms with Crippen molar-refractivity contribution in [2.75, 3.05) is 0 Å². The van der Waals surface area contributed by atoms with Crippen LogP contribution in [0.15, 0.2) is 24.3 Å². The van der Waals surface area contributed by atoms with Crippen LogP contribution in [0.25, 0.3) is 0 Å². The highest BCUT2D eigenvalue weighted by Gasteiger charge is 2.42. The zero-order valence-corrected chi connectivity index (χ0v) is 13.0. The summed E-state index contributed by atoms with van der Waals surface area (Å²) >= 11 is 11.4. The van der Waals surface area contributed by atoms with Crippen molar-refractivity contribution in [3.8, 4) is 0 Å². The summed E-state index contributed by atoms with van der Waals surface area (Å²) in [6, 6.07) is 7.32. The average molecular weight is 327 g/mol. The van der Waals surface area contributed by atoms with Crippen LogP contribution < -0.4 is 5.32 Å². The van der Waals surface area contributed by atoms with E-state index in [1.165, 1.54) is 4.90 Å². The Labute approximate surface area is 133 Å². The van der Waals surface area contributed by atoms with E-state index < -0.39 is 6.17 Å². The van der Waals surface area contributed by atoms with E-state index in [0.717, 1.165) is 5.56 Å². The first-order valence-electron chi connectivity index (χ1n) is 7.05. The monoisotopic (exact) mass is 326 g/mol. The number of hydrogen-bond donors (Lipinski definition) is 1. The number of carbonyl (C=O) groups is 1. The molecule has 1 heterocycles. The number of carbonyl (C=O) groups excluding carboxylic acids is 1. The fraction of sp³-hybridized carbons (Fsp3) is 0.467. The van der Waals surface area contributed by atoms with Crippen molar-refractivity contribution < 1.29 is 9.18 Å². The summed E-state index contributed by atoms with van der Waals surface area (Å²) in [6.07, 6.45) is 0.524. The van der Waals surface area contributed by atoms with Crippen LogP contribution in [-0.4, -0.2) is 28.1 Å². The lowest BCUT2D eigenvalue weighted by Gasteiger charge is -2.42. The van der Waals surface area contributed by atoms with E-state index in [0.29, 0.717) is 29.5 Å². The molecule has 1 saturated carbocycles. The van der Waals surface area contributed by atoms with Gasteiger partial charge in [-0.2, -0.15) is 0 Å². The Morgan fingerprint density at radius 2 is 2.14 bits per heavy atom. The highest BCUT2D eigenvalue weighted by atomic mass is 35.5. The minimum Gasteiger partial charge on any atom is -0.359 e. The number of hydrogen-bond acceptors (Lipinski definition) is 2. The predicted molar refractivity (Wildman–Crippen MR) is 83.8 cm³/mol. The molecule has 1 amide bonds. The van der Waals surface area contributed by atoms with Gasteiger partial charge in [-0.25, -0.2) is 4.39 Å². The lowest BCUT2D eigenvalue weighted by Crippen LogP contribution is -2.61. The minimum absolute atomic E-state index is 0.0282. The van der Waals surface area contributed by atoms with Gasteiger partial charge in [0, 0.05) is 11.1 Å². The number of halogens is 2. The molecule has 1 aromatic carbocycles. The summed E-state index contributed by atoms with van der Waals surface area (Å²) in [5.74, 6) is -0.422. The Morgan fingerprint density at radius 3 is 2.90 bits per heavy atom. The van der Waals surface area contributed by atoms with Gasteiger partial charge < -0.3 is 5.32 Å². The fourth-order valence-electron chi connectivity index (χ4n) is 3.05. The molecule has 3 nitrogen and oxygen atoms in total. The zero-order valence-electron chi connectivity index (χ0n) is 11.4. The van der Waals surface area contributed by atoms with Gasteiger partial charge in [-0.15, -0.1) is 0 Å². The predicted octanol–water partition coefficient (Wildman–Crippen LogP) is 3.06. The van der Waals surface area contributed by atoms with E-state index in [1.807, 2.05) is 18.2 Å². The second-order valence-electron chi connectivity index (χ2n) is 5.59. The molecular formula is C15H16ClFN2OS. The molecule has 1 aromatic rings. The largest absolute Gasteiger partial charge is 0.359 e. The highest BCUT2D eigenvalue weighted by Crippen LogP contribution is 2.32. The molecule has 3 unspecified atom stereocenters. The quantitative estimate of drug-likeness (QED) is 0.848. The number of rotatable bonds is 2. The molecule has 0 bridgehead atoms. The second kappa shape index (κ2) is 5.89. The lowest BCUT2D eigenvalue weighted by molar-refractivity contribution is -0.136. The first-order chi connectivity index (χ1) is 10.1. The molecule has 2 aliphatic rings. The molecule has 0 spiro atoms. The molecular weight excluding hydrogens is 311 g/mol. The van der Waals surface area contributed by atoms with E-state index in [2.05, 4.69) is 5.32 Å². The number of amides is 1. The zero-order chi connectivity index (χ0) is 15.0. The van der Waals surface area contributed by atoms with Crippen molar-refractivity contribution in [3.63, 3.8) is 0 Å². The molecule has 0 radical (unpaired) electrons.